The number of rotatable bonds is 9. The molecule has 0 amide bonds. The number of aliphatic imine (C=N–C) groups is 1. The summed E-state index contributed by atoms with van der Waals surface area (Å²) in [6.07, 6.45) is 9.20. The van der Waals surface area contributed by atoms with E-state index in [-0.39, 0.29) is 4.75 Å². The standard InChI is InChI=1S/C43H40N2S/c1-6-15-39-37(7-2)38-23-22-35(26-40(38)43(39,5)46)33-20-14-21-34(25-33)36-27-41(44-28-36)30(4)45-42(32-18-12-9-13-19-32)24-29(3)31-16-10-8-11-17-31/h6,8-28,37,44,46H,1,3,7H2,2,4-5H3/b39-15+,42-24-,45-30?. The van der Waals surface area contributed by atoms with Crippen molar-refractivity contribution in [2.24, 2.45) is 4.99 Å². The first kappa shape index (κ1) is 31.1. The number of hydrogen-bond donors (Lipinski definition) is 2. The Kier molecular flexibility index (Phi) is 8.96. The Hall–Kier alpha value is -4.86. The third-order valence-electron chi connectivity index (χ3n) is 9.01. The minimum atomic E-state index is -0.329. The number of fused-ring (bicyclic) bond motifs is 1. The highest BCUT2D eigenvalue weighted by molar-refractivity contribution is 7.81. The molecule has 2 atom stereocenters. The van der Waals surface area contributed by atoms with Crippen LogP contribution in [0.1, 0.15) is 61.1 Å². The predicted octanol–water partition coefficient (Wildman–Crippen LogP) is 11.7. The Morgan fingerprint density at radius 2 is 1.50 bits per heavy atom. The smallest absolute Gasteiger partial charge is 0.0712 e. The first-order valence-corrected chi connectivity index (χ1v) is 16.3. The second kappa shape index (κ2) is 13.2. The lowest BCUT2D eigenvalue weighted by Gasteiger charge is -2.23. The predicted molar refractivity (Wildman–Crippen MR) is 201 cm³/mol. The largest absolute Gasteiger partial charge is 0.360 e. The SMILES string of the molecule is C=C/C=C1\C(CC)c2ccc(-c3cccc(-c4c[nH]c(C(C)=N/C(=C\C(=C)c5ccccc5)c5ccccc5)c4)c3)cc2C1(C)S. The van der Waals surface area contributed by atoms with Gasteiger partial charge in [0.05, 0.1) is 21.8 Å². The zero-order valence-corrected chi connectivity index (χ0v) is 27.7. The van der Waals surface area contributed by atoms with Gasteiger partial charge in [-0.25, -0.2) is 0 Å². The van der Waals surface area contributed by atoms with Crippen LogP contribution in [0.15, 0.2) is 157 Å². The maximum atomic E-state index is 5.17. The van der Waals surface area contributed by atoms with E-state index in [1.54, 1.807) is 0 Å². The van der Waals surface area contributed by atoms with Gasteiger partial charge in [0.2, 0.25) is 0 Å². The third-order valence-corrected chi connectivity index (χ3v) is 9.51. The van der Waals surface area contributed by atoms with Gasteiger partial charge in [-0.3, -0.25) is 4.99 Å². The van der Waals surface area contributed by atoms with Crippen LogP contribution in [-0.2, 0) is 4.75 Å². The first-order chi connectivity index (χ1) is 22.3. The summed E-state index contributed by atoms with van der Waals surface area (Å²) in [5.41, 5.74) is 14.4. The summed E-state index contributed by atoms with van der Waals surface area (Å²) in [4.78, 5) is 8.57. The number of benzene rings is 4. The van der Waals surface area contributed by atoms with Crippen molar-refractivity contribution < 1.29 is 0 Å². The van der Waals surface area contributed by atoms with E-state index in [9.17, 15) is 0 Å². The minimum absolute atomic E-state index is 0.329. The Morgan fingerprint density at radius 1 is 0.848 bits per heavy atom. The molecule has 1 aromatic heterocycles. The highest BCUT2D eigenvalue weighted by Crippen LogP contribution is 2.54. The van der Waals surface area contributed by atoms with E-state index >= 15 is 0 Å². The molecule has 0 fully saturated rings. The van der Waals surface area contributed by atoms with Crippen LogP contribution in [0.3, 0.4) is 0 Å². The van der Waals surface area contributed by atoms with Gasteiger partial charge in [-0.1, -0.05) is 123 Å². The van der Waals surface area contributed by atoms with Crippen molar-refractivity contribution in [1.29, 1.82) is 0 Å². The molecule has 2 nitrogen and oxygen atoms in total. The maximum Gasteiger partial charge on any atom is 0.0712 e. The molecule has 0 aliphatic heterocycles. The van der Waals surface area contributed by atoms with Crippen LogP contribution >= 0.6 is 12.6 Å². The molecule has 2 unspecified atom stereocenters. The second-order valence-electron chi connectivity index (χ2n) is 12.1. The lowest BCUT2D eigenvalue weighted by Crippen LogP contribution is -2.13. The van der Waals surface area contributed by atoms with Crippen molar-refractivity contribution in [3.63, 3.8) is 0 Å². The summed E-state index contributed by atoms with van der Waals surface area (Å²) in [7, 11) is 0. The normalized spacial score (nSPS) is 18.9. The van der Waals surface area contributed by atoms with Crippen LogP contribution < -0.4 is 0 Å². The summed E-state index contributed by atoms with van der Waals surface area (Å²) < 4.78 is -0.329. The molecular weight excluding hydrogens is 577 g/mol. The molecule has 0 radical (unpaired) electrons. The van der Waals surface area contributed by atoms with E-state index in [2.05, 4.69) is 123 Å². The summed E-state index contributed by atoms with van der Waals surface area (Å²) in [6, 6.07) is 38.3. The fourth-order valence-corrected chi connectivity index (χ4v) is 6.97. The molecule has 3 heteroatoms. The Morgan fingerprint density at radius 3 is 2.17 bits per heavy atom. The molecule has 0 saturated heterocycles. The number of thiol groups is 1. The van der Waals surface area contributed by atoms with E-state index in [1.165, 1.54) is 27.8 Å². The van der Waals surface area contributed by atoms with Crippen molar-refractivity contribution in [3.05, 3.63) is 180 Å². The fourth-order valence-electron chi connectivity index (χ4n) is 6.55. The monoisotopic (exact) mass is 616 g/mol. The average molecular weight is 617 g/mol. The Balaban J connectivity index is 1.31. The van der Waals surface area contributed by atoms with Crippen LogP contribution in [0, 0.1) is 0 Å². The second-order valence-corrected chi connectivity index (χ2v) is 13.0. The van der Waals surface area contributed by atoms with Gasteiger partial charge in [-0.05, 0) is 94.6 Å². The van der Waals surface area contributed by atoms with Gasteiger partial charge in [0.15, 0.2) is 0 Å². The van der Waals surface area contributed by atoms with Crippen LogP contribution in [0.5, 0.6) is 0 Å². The van der Waals surface area contributed by atoms with Crippen molar-refractivity contribution in [1.82, 2.24) is 4.98 Å². The number of nitrogens with one attached hydrogen (secondary N) is 1. The third kappa shape index (κ3) is 6.16. The molecule has 5 aromatic rings. The molecule has 6 rings (SSSR count). The molecule has 1 N–H and O–H groups in total. The van der Waals surface area contributed by atoms with Crippen molar-refractivity contribution in [3.8, 4) is 22.3 Å². The summed E-state index contributed by atoms with van der Waals surface area (Å²) >= 11 is 5.17. The number of hydrogen-bond acceptors (Lipinski definition) is 2. The zero-order chi connectivity index (χ0) is 32.3. The molecule has 0 bridgehead atoms. The molecule has 46 heavy (non-hydrogen) atoms. The number of aromatic amines is 1. The highest BCUT2D eigenvalue weighted by atomic mass is 32.1. The molecule has 4 aromatic carbocycles. The molecule has 0 saturated carbocycles. The molecule has 228 valence electrons. The van der Waals surface area contributed by atoms with Crippen LogP contribution in [0.25, 0.3) is 33.5 Å². The first-order valence-electron chi connectivity index (χ1n) is 15.9. The van der Waals surface area contributed by atoms with Gasteiger partial charge in [0, 0.05) is 17.7 Å². The zero-order valence-electron chi connectivity index (χ0n) is 26.8. The number of H-pyrrole nitrogens is 1. The molecule has 1 aliphatic rings. The lowest BCUT2D eigenvalue weighted by atomic mass is 9.92. The van der Waals surface area contributed by atoms with Gasteiger partial charge < -0.3 is 4.98 Å². The fraction of sp³-hybridized carbons (Fsp3) is 0.140. The Bertz CT molecular complexity index is 1990. The van der Waals surface area contributed by atoms with Gasteiger partial charge in [-0.2, -0.15) is 12.6 Å². The van der Waals surface area contributed by atoms with Crippen molar-refractivity contribution in [2.45, 2.75) is 37.9 Å². The lowest BCUT2D eigenvalue weighted by molar-refractivity contribution is 0.729. The van der Waals surface area contributed by atoms with E-state index in [0.29, 0.717) is 5.92 Å². The molecular formula is C43H40N2S. The van der Waals surface area contributed by atoms with Crippen LogP contribution in [0.4, 0.5) is 0 Å². The average Bonchev–Trinajstić information content (AvgIpc) is 3.67. The van der Waals surface area contributed by atoms with Gasteiger partial charge in [0.1, 0.15) is 0 Å². The molecule has 1 heterocycles. The molecule has 1 aliphatic carbocycles. The topological polar surface area (TPSA) is 28.1 Å². The van der Waals surface area contributed by atoms with Gasteiger partial charge >= 0.3 is 0 Å². The summed E-state index contributed by atoms with van der Waals surface area (Å²) in [5, 5.41) is 0. The summed E-state index contributed by atoms with van der Waals surface area (Å²) in [5.74, 6) is 0.368. The van der Waals surface area contributed by atoms with E-state index < -0.39 is 0 Å². The maximum absolute atomic E-state index is 5.17. The number of nitrogens with zero attached hydrogens (tertiary/aromatic N) is 1. The number of aromatic nitrogens is 1. The quantitative estimate of drug-likeness (QED) is 0.0937. The molecule has 0 spiro atoms. The Labute approximate surface area is 279 Å². The van der Waals surface area contributed by atoms with Crippen molar-refractivity contribution >= 4 is 29.6 Å². The minimum Gasteiger partial charge on any atom is -0.360 e. The van der Waals surface area contributed by atoms with Gasteiger partial charge in [-0.15, -0.1) is 0 Å². The van der Waals surface area contributed by atoms with Crippen LogP contribution in [-0.4, -0.2) is 10.7 Å². The van der Waals surface area contributed by atoms with E-state index in [0.717, 1.165) is 51.4 Å². The number of allylic oxidation sites excluding steroid dienone is 4. The van der Waals surface area contributed by atoms with Crippen molar-refractivity contribution in [2.75, 3.05) is 0 Å². The van der Waals surface area contributed by atoms with Crippen LogP contribution in [0.2, 0.25) is 0 Å². The highest BCUT2D eigenvalue weighted by Gasteiger charge is 2.41. The van der Waals surface area contributed by atoms with E-state index in [4.69, 9.17) is 17.6 Å². The van der Waals surface area contributed by atoms with E-state index in [1.807, 2.05) is 49.4 Å². The van der Waals surface area contributed by atoms with Gasteiger partial charge in [0.25, 0.3) is 0 Å². The summed E-state index contributed by atoms with van der Waals surface area (Å²) in [6.45, 7) is 14.8.